The summed E-state index contributed by atoms with van der Waals surface area (Å²) in [4.78, 5) is 27.8. The quantitative estimate of drug-likeness (QED) is 0.734. The van der Waals surface area contributed by atoms with Crippen LogP contribution in [0.15, 0.2) is 42.5 Å². The van der Waals surface area contributed by atoms with Gasteiger partial charge >= 0.3 is 0 Å². The normalized spacial score (nSPS) is 27.3. The molecule has 1 heterocycles. The molecule has 2 aromatic carbocycles. The molecule has 0 aromatic heterocycles. The van der Waals surface area contributed by atoms with Crippen LogP contribution in [0.2, 0.25) is 0 Å². The summed E-state index contributed by atoms with van der Waals surface area (Å²) in [5.74, 6) is 0.241. The van der Waals surface area contributed by atoms with Crippen molar-refractivity contribution in [2.24, 2.45) is 5.41 Å². The van der Waals surface area contributed by atoms with E-state index in [1.54, 1.807) is 0 Å². The average Bonchev–Trinajstić information content (AvgIpc) is 3.05. The van der Waals surface area contributed by atoms with Gasteiger partial charge in [-0.25, -0.2) is 0 Å². The van der Waals surface area contributed by atoms with Crippen molar-refractivity contribution in [1.82, 2.24) is 4.90 Å². The second-order valence-corrected chi connectivity index (χ2v) is 9.47. The lowest BCUT2D eigenvalue weighted by atomic mass is 9.51. The maximum atomic E-state index is 13.5. The largest absolute Gasteiger partial charge is 0.335 e. The first-order valence-electron chi connectivity index (χ1n) is 10.4. The standard InChI is InChI=1S/C25H27NO2/c1-24(2)22-15-17-6-4-5-7-20(17)25(24,3)12-13-26(22)23(28)18-9-8-16-10-11-21(27)19(16)14-18/h4-9,14,22H,10-13,15H2,1-3H3/t22?,25-/m0/s1. The predicted molar refractivity (Wildman–Crippen MR) is 110 cm³/mol. The number of hydrogen-bond acceptors (Lipinski definition) is 2. The molecule has 0 spiro atoms. The Kier molecular flexibility index (Phi) is 3.65. The van der Waals surface area contributed by atoms with Crippen molar-refractivity contribution in [3.8, 4) is 0 Å². The third-order valence-electron chi connectivity index (χ3n) is 8.05. The molecule has 1 saturated heterocycles. The van der Waals surface area contributed by atoms with Crippen molar-refractivity contribution in [1.29, 1.82) is 0 Å². The molecule has 144 valence electrons. The average molecular weight is 373 g/mol. The molecule has 2 aromatic rings. The third kappa shape index (κ3) is 2.22. The summed E-state index contributed by atoms with van der Waals surface area (Å²) < 4.78 is 0. The Balaban J connectivity index is 1.54. The van der Waals surface area contributed by atoms with E-state index in [-0.39, 0.29) is 28.6 Å². The minimum Gasteiger partial charge on any atom is -0.335 e. The second kappa shape index (κ2) is 5.79. The predicted octanol–water partition coefficient (Wildman–Crippen LogP) is 4.57. The number of rotatable bonds is 1. The van der Waals surface area contributed by atoms with Gasteiger partial charge in [-0.1, -0.05) is 51.1 Å². The van der Waals surface area contributed by atoms with Gasteiger partial charge in [-0.15, -0.1) is 0 Å². The number of carbonyl (C=O) groups is 2. The van der Waals surface area contributed by atoms with Crippen LogP contribution in [0.5, 0.6) is 0 Å². The summed E-state index contributed by atoms with van der Waals surface area (Å²) in [7, 11) is 0. The molecule has 3 nitrogen and oxygen atoms in total. The van der Waals surface area contributed by atoms with E-state index in [0.717, 1.165) is 36.9 Å². The number of carbonyl (C=O) groups excluding carboxylic acids is 2. The van der Waals surface area contributed by atoms with Crippen molar-refractivity contribution >= 4 is 11.7 Å². The van der Waals surface area contributed by atoms with Crippen LogP contribution in [0.3, 0.4) is 0 Å². The number of benzene rings is 2. The lowest BCUT2D eigenvalue weighted by Crippen LogP contribution is -2.64. The number of fused-ring (bicyclic) bond motifs is 5. The Morgan fingerprint density at radius 1 is 1.04 bits per heavy atom. The zero-order chi connectivity index (χ0) is 19.7. The van der Waals surface area contributed by atoms with E-state index in [1.165, 1.54) is 11.1 Å². The van der Waals surface area contributed by atoms with Gasteiger partial charge in [-0.05, 0) is 53.5 Å². The van der Waals surface area contributed by atoms with Gasteiger partial charge in [0.25, 0.3) is 5.91 Å². The molecule has 1 fully saturated rings. The Morgan fingerprint density at radius 2 is 1.82 bits per heavy atom. The van der Waals surface area contributed by atoms with E-state index >= 15 is 0 Å². The topological polar surface area (TPSA) is 37.4 Å². The molecule has 28 heavy (non-hydrogen) atoms. The van der Waals surface area contributed by atoms with Gasteiger partial charge in [-0.3, -0.25) is 9.59 Å². The molecule has 1 amide bonds. The highest BCUT2D eigenvalue weighted by Crippen LogP contribution is 2.56. The van der Waals surface area contributed by atoms with Crippen LogP contribution in [-0.2, 0) is 18.3 Å². The summed E-state index contributed by atoms with van der Waals surface area (Å²) in [6.45, 7) is 7.77. The van der Waals surface area contributed by atoms with Crippen molar-refractivity contribution in [2.75, 3.05) is 6.54 Å². The zero-order valence-electron chi connectivity index (χ0n) is 16.9. The number of likely N-dealkylation sites (tertiary alicyclic amines) is 1. The minimum atomic E-state index is -0.0121. The van der Waals surface area contributed by atoms with Gasteiger partial charge in [0.2, 0.25) is 0 Å². The van der Waals surface area contributed by atoms with E-state index in [1.807, 2.05) is 18.2 Å². The van der Waals surface area contributed by atoms with E-state index in [0.29, 0.717) is 12.0 Å². The highest BCUT2D eigenvalue weighted by Gasteiger charge is 2.56. The summed E-state index contributed by atoms with van der Waals surface area (Å²) >= 11 is 0. The Morgan fingerprint density at radius 3 is 2.64 bits per heavy atom. The fourth-order valence-corrected chi connectivity index (χ4v) is 5.85. The molecule has 0 saturated carbocycles. The van der Waals surface area contributed by atoms with E-state index < -0.39 is 0 Å². The van der Waals surface area contributed by atoms with Crippen LogP contribution in [0, 0.1) is 5.41 Å². The molecule has 0 radical (unpaired) electrons. The molecular weight excluding hydrogens is 346 g/mol. The van der Waals surface area contributed by atoms with Crippen LogP contribution < -0.4 is 0 Å². The van der Waals surface area contributed by atoms with Gasteiger partial charge in [0.15, 0.2) is 5.78 Å². The summed E-state index contributed by atoms with van der Waals surface area (Å²) in [5, 5.41) is 0. The summed E-state index contributed by atoms with van der Waals surface area (Å²) in [5.41, 5.74) is 5.37. The zero-order valence-corrected chi connectivity index (χ0v) is 16.9. The van der Waals surface area contributed by atoms with Crippen LogP contribution in [0.4, 0.5) is 0 Å². The smallest absolute Gasteiger partial charge is 0.254 e. The SMILES string of the molecule is CC1(C)C2Cc3ccccc3[C@]1(C)CCN2C(=O)c1ccc2c(c1)C(=O)CC2. The number of amides is 1. The van der Waals surface area contributed by atoms with Crippen LogP contribution >= 0.6 is 0 Å². The Bertz CT molecular complexity index is 1010. The fraction of sp³-hybridized carbons (Fsp3) is 0.440. The van der Waals surface area contributed by atoms with Gasteiger partial charge in [0, 0.05) is 35.5 Å². The number of aryl methyl sites for hydroxylation is 1. The molecule has 0 N–H and O–H groups in total. The van der Waals surface area contributed by atoms with Crippen LogP contribution in [0.1, 0.15) is 71.0 Å². The maximum Gasteiger partial charge on any atom is 0.254 e. The molecule has 1 unspecified atom stereocenters. The Labute approximate surface area is 166 Å². The van der Waals surface area contributed by atoms with Crippen LogP contribution in [0.25, 0.3) is 0 Å². The molecule has 1 aliphatic heterocycles. The fourth-order valence-electron chi connectivity index (χ4n) is 5.85. The van der Waals surface area contributed by atoms with Crippen molar-refractivity contribution in [3.05, 3.63) is 70.3 Å². The summed E-state index contributed by atoms with van der Waals surface area (Å²) in [6.07, 6.45) is 3.23. The van der Waals surface area contributed by atoms with Crippen molar-refractivity contribution in [3.63, 3.8) is 0 Å². The van der Waals surface area contributed by atoms with E-state index in [9.17, 15) is 9.59 Å². The first-order chi connectivity index (χ1) is 13.3. The Hall–Kier alpha value is -2.42. The van der Waals surface area contributed by atoms with Gasteiger partial charge < -0.3 is 4.90 Å². The van der Waals surface area contributed by atoms with Crippen LogP contribution in [-0.4, -0.2) is 29.2 Å². The van der Waals surface area contributed by atoms with E-state index in [4.69, 9.17) is 0 Å². The molecule has 2 bridgehead atoms. The van der Waals surface area contributed by atoms with Crippen molar-refractivity contribution in [2.45, 2.75) is 57.9 Å². The minimum absolute atomic E-state index is 0.0121. The number of nitrogens with zero attached hydrogens (tertiary/aromatic N) is 1. The second-order valence-electron chi connectivity index (χ2n) is 9.47. The lowest BCUT2D eigenvalue weighted by Gasteiger charge is -2.60. The monoisotopic (exact) mass is 373 g/mol. The number of piperidine rings is 1. The molecule has 5 rings (SSSR count). The van der Waals surface area contributed by atoms with Gasteiger partial charge in [0.1, 0.15) is 0 Å². The van der Waals surface area contributed by atoms with E-state index in [2.05, 4.69) is 49.9 Å². The highest BCUT2D eigenvalue weighted by atomic mass is 16.2. The molecule has 2 aliphatic carbocycles. The lowest BCUT2D eigenvalue weighted by molar-refractivity contribution is -0.0262. The number of ketones is 1. The molecule has 2 atom stereocenters. The highest BCUT2D eigenvalue weighted by molar-refractivity contribution is 6.03. The number of hydrogen-bond donors (Lipinski definition) is 0. The summed E-state index contributed by atoms with van der Waals surface area (Å²) in [6, 6.07) is 14.6. The van der Waals surface area contributed by atoms with Crippen molar-refractivity contribution < 1.29 is 9.59 Å². The first kappa shape index (κ1) is 17.7. The first-order valence-corrected chi connectivity index (χ1v) is 10.4. The number of Topliss-reactive ketones (excluding diaryl/α,β-unsaturated/α-hetero) is 1. The molecular formula is C25H27NO2. The molecule has 3 aliphatic rings. The third-order valence-corrected chi connectivity index (χ3v) is 8.05. The van der Waals surface area contributed by atoms with Gasteiger partial charge in [-0.2, -0.15) is 0 Å². The maximum absolute atomic E-state index is 13.5. The molecule has 3 heteroatoms. The van der Waals surface area contributed by atoms with Gasteiger partial charge in [0.05, 0.1) is 0 Å².